The van der Waals surface area contributed by atoms with E-state index in [1.165, 1.54) is 36.8 Å². The summed E-state index contributed by atoms with van der Waals surface area (Å²) in [6.07, 6.45) is 12.7. The number of hydrogen-bond donors (Lipinski definition) is 3. The van der Waals surface area contributed by atoms with Crippen LogP contribution >= 0.6 is 0 Å². The first-order chi connectivity index (χ1) is 16.5. The third kappa shape index (κ3) is 5.20. The minimum absolute atomic E-state index is 0.0505. The largest absolute Gasteiger partial charge is 0.393 e. The van der Waals surface area contributed by atoms with Gasteiger partial charge in [0.15, 0.2) is 0 Å². The number of nitrogens with one attached hydrogen (secondary N) is 1. The summed E-state index contributed by atoms with van der Waals surface area (Å²) in [5.41, 5.74) is 2.75. The van der Waals surface area contributed by atoms with Gasteiger partial charge < -0.3 is 10.0 Å². The monoisotopic (exact) mass is 504 g/mol. The molecular weight excluding hydrogens is 460 g/mol. The topological polar surface area (TPSA) is 89.9 Å². The highest BCUT2D eigenvalue weighted by Gasteiger charge is 2.63. The van der Waals surface area contributed by atoms with Gasteiger partial charge in [-0.05, 0) is 117 Å². The van der Waals surface area contributed by atoms with E-state index in [1.807, 2.05) is 6.07 Å². The van der Waals surface area contributed by atoms with Crippen molar-refractivity contribution in [2.24, 2.45) is 22.7 Å². The number of fused-ring (bicyclic) bond motifs is 5. The Morgan fingerprint density at radius 2 is 1.94 bits per heavy atom. The first-order valence-corrected chi connectivity index (χ1v) is 14.8. The molecule has 0 unspecified atom stereocenters. The molecule has 35 heavy (non-hydrogen) atoms. The number of nitrogens with zero attached hydrogens (tertiary/aromatic N) is 1. The highest BCUT2D eigenvalue weighted by atomic mass is 32.2. The van der Waals surface area contributed by atoms with Gasteiger partial charge in [0.2, 0.25) is 0 Å². The molecule has 2 saturated carbocycles. The molecular formula is C28H44N2O4S. The quantitative estimate of drug-likeness (QED) is 0.225. The van der Waals surface area contributed by atoms with E-state index in [-0.39, 0.29) is 16.9 Å². The van der Waals surface area contributed by atoms with Crippen LogP contribution in [-0.4, -0.2) is 49.7 Å². The third-order valence-electron chi connectivity index (χ3n) is 9.55. The number of allylic oxidation sites excluding steroid dienone is 1. The minimum atomic E-state index is -4.30. The second-order valence-corrected chi connectivity index (χ2v) is 13.1. The Balaban J connectivity index is 1.64. The summed E-state index contributed by atoms with van der Waals surface area (Å²) in [4.78, 5) is 2.24. The summed E-state index contributed by atoms with van der Waals surface area (Å²) in [6, 6.07) is 5.75. The van der Waals surface area contributed by atoms with Gasteiger partial charge in [-0.15, -0.1) is 6.58 Å². The Bertz CT molecular complexity index is 1030. The molecule has 0 saturated heterocycles. The molecule has 3 N–H and O–H groups in total. The van der Waals surface area contributed by atoms with Gasteiger partial charge in [-0.1, -0.05) is 38.3 Å². The average molecular weight is 505 g/mol. The van der Waals surface area contributed by atoms with E-state index in [2.05, 4.69) is 49.4 Å². The number of unbranched alkanes of at least 4 members (excludes halogenated alkanes) is 3. The number of hydrogen-bond acceptors (Lipinski definition) is 4. The molecule has 6 atom stereocenters. The van der Waals surface area contributed by atoms with Gasteiger partial charge in [-0.3, -0.25) is 9.27 Å². The zero-order chi connectivity index (χ0) is 25.4. The van der Waals surface area contributed by atoms with Crippen molar-refractivity contribution in [2.75, 3.05) is 25.4 Å². The van der Waals surface area contributed by atoms with Crippen molar-refractivity contribution in [3.8, 4) is 0 Å². The predicted molar refractivity (Wildman–Crippen MR) is 142 cm³/mol. The van der Waals surface area contributed by atoms with Crippen LogP contribution in [0.15, 0.2) is 30.9 Å². The molecule has 0 radical (unpaired) electrons. The van der Waals surface area contributed by atoms with E-state index in [1.54, 1.807) is 6.07 Å². The van der Waals surface area contributed by atoms with Crippen molar-refractivity contribution < 1.29 is 18.1 Å². The number of aryl methyl sites for hydroxylation is 1. The SMILES string of the molecule is C=C[C@@]12CCc3cc(NS(=O)(=O)O)ccc3[C@H]1[C@@H](CCCCCCN(C)C)C[C@@]1(C)[C@H]2CC[C@@H]1O. The van der Waals surface area contributed by atoms with Crippen LogP contribution in [0.25, 0.3) is 0 Å². The first-order valence-electron chi connectivity index (χ1n) is 13.3. The van der Waals surface area contributed by atoms with Crippen LogP contribution in [0, 0.1) is 22.7 Å². The Kier molecular flexibility index (Phi) is 7.73. The lowest BCUT2D eigenvalue weighted by Gasteiger charge is -2.60. The fraction of sp³-hybridized carbons (Fsp3) is 0.714. The number of aliphatic hydroxyl groups excluding tert-OH is 1. The average Bonchev–Trinajstić information content (AvgIpc) is 3.08. The standard InChI is InChI=1S/C28H44N2O4S/c1-5-28-16-15-20-18-22(29-35(32,33)34)11-12-23(20)26(28)21(10-8-6-7-9-17-30(3)4)19-27(2)24(28)13-14-25(27)31/h5,11-12,18,21,24-26,29,31H,1,6-10,13-17,19H2,2-4H3,(H,32,33,34)/t21-,24+,25-,26+,27-,28-/m0/s1. The minimum Gasteiger partial charge on any atom is -0.393 e. The van der Waals surface area contributed by atoms with Crippen molar-refractivity contribution in [3.63, 3.8) is 0 Å². The third-order valence-corrected chi connectivity index (χ3v) is 10.0. The molecule has 0 aromatic heterocycles. The van der Waals surface area contributed by atoms with Crippen LogP contribution in [0.3, 0.4) is 0 Å². The molecule has 196 valence electrons. The van der Waals surface area contributed by atoms with Gasteiger partial charge in [-0.2, -0.15) is 8.42 Å². The predicted octanol–water partition coefficient (Wildman–Crippen LogP) is 5.41. The van der Waals surface area contributed by atoms with Crippen molar-refractivity contribution in [1.29, 1.82) is 0 Å². The summed E-state index contributed by atoms with van der Waals surface area (Å²) >= 11 is 0. The first kappa shape index (κ1) is 26.6. The molecule has 6 nitrogen and oxygen atoms in total. The lowest BCUT2D eigenvalue weighted by Crippen LogP contribution is -2.54. The van der Waals surface area contributed by atoms with Crippen molar-refractivity contribution >= 4 is 16.0 Å². The summed E-state index contributed by atoms with van der Waals surface area (Å²) in [7, 11) is -0.0560. The summed E-state index contributed by atoms with van der Waals surface area (Å²) < 4.78 is 34.2. The number of anilines is 1. The van der Waals surface area contributed by atoms with Gasteiger partial charge in [0.1, 0.15) is 0 Å². The molecule has 0 aliphatic heterocycles. The zero-order valence-corrected chi connectivity index (χ0v) is 22.5. The lowest BCUT2D eigenvalue weighted by atomic mass is 9.44. The molecule has 3 aliphatic rings. The second-order valence-electron chi connectivity index (χ2n) is 11.9. The Morgan fingerprint density at radius 1 is 1.20 bits per heavy atom. The molecule has 1 aromatic rings. The fourth-order valence-corrected chi connectivity index (χ4v) is 8.53. The lowest BCUT2D eigenvalue weighted by molar-refractivity contribution is -0.0812. The maximum Gasteiger partial charge on any atom is 0.357 e. The maximum atomic E-state index is 11.4. The van der Waals surface area contributed by atoms with E-state index in [4.69, 9.17) is 0 Å². The van der Waals surface area contributed by atoms with Crippen LogP contribution in [-0.2, 0) is 16.7 Å². The van der Waals surface area contributed by atoms with Crippen molar-refractivity contribution in [1.82, 2.24) is 4.90 Å². The van der Waals surface area contributed by atoms with Crippen LogP contribution in [0.5, 0.6) is 0 Å². The van der Waals surface area contributed by atoms with Crippen LogP contribution in [0.4, 0.5) is 5.69 Å². The summed E-state index contributed by atoms with van der Waals surface area (Å²) in [5.74, 6) is 1.19. The van der Waals surface area contributed by atoms with E-state index in [9.17, 15) is 18.1 Å². The fourth-order valence-electron chi connectivity index (χ4n) is 8.11. The molecule has 0 bridgehead atoms. The molecule has 0 spiro atoms. The van der Waals surface area contributed by atoms with Crippen molar-refractivity contribution in [3.05, 3.63) is 42.0 Å². The summed E-state index contributed by atoms with van der Waals surface area (Å²) in [5, 5.41) is 11.1. The highest BCUT2D eigenvalue weighted by Crippen LogP contribution is 2.69. The normalized spacial score (nSPS) is 34.2. The molecule has 0 heterocycles. The second kappa shape index (κ2) is 10.2. The maximum absolute atomic E-state index is 11.4. The van der Waals surface area contributed by atoms with Gasteiger partial charge >= 0.3 is 10.3 Å². The molecule has 4 rings (SSSR count). The van der Waals surface area contributed by atoms with E-state index < -0.39 is 10.3 Å². The summed E-state index contributed by atoms with van der Waals surface area (Å²) in [6.45, 7) is 7.82. The van der Waals surface area contributed by atoms with Crippen LogP contribution < -0.4 is 4.72 Å². The molecule has 0 amide bonds. The number of rotatable bonds is 10. The van der Waals surface area contributed by atoms with Crippen LogP contribution in [0.2, 0.25) is 0 Å². The Morgan fingerprint density at radius 3 is 2.63 bits per heavy atom. The van der Waals surface area contributed by atoms with E-state index in [0.29, 0.717) is 23.4 Å². The molecule has 1 aromatic carbocycles. The van der Waals surface area contributed by atoms with E-state index in [0.717, 1.165) is 45.1 Å². The molecule has 2 fully saturated rings. The Hall–Kier alpha value is -1.41. The molecule has 3 aliphatic carbocycles. The van der Waals surface area contributed by atoms with Gasteiger partial charge in [-0.25, -0.2) is 0 Å². The van der Waals surface area contributed by atoms with Gasteiger partial charge in [0, 0.05) is 0 Å². The van der Waals surface area contributed by atoms with E-state index >= 15 is 0 Å². The van der Waals surface area contributed by atoms with Gasteiger partial charge in [0.25, 0.3) is 0 Å². The smallest absolute Gasteiger partial charge is 0.357 e. The van der Waals surface area contributed by atoms with Crippen LogP contribution in [0.1, 0.15) is 81.8 Å². The molecule has 7 heteroatoms. The number of aliphatic hydroxyl groups is 1. The zero-order valence-electron chi connectivity index (χ0n) is 21.7. The van der Waals surface area contributed by atoms with Crippen molar-refractivity contribution in [2.45, 2.75) is 83.2 Å². The van der Waals surface area contributed by atoms with Gasteiger partial charge in [0.05, 0.1) is 11.8 Å². The highest BCUT2D eigenvalue weighted by molar-refractivity contribution is 7.87. The number of benzene rings is 1. The Labute approximate surface area is 212 Å².